The van der Waals surface area contributed by atoms with E-state index in [1.807, 2.05) is 0 Å². The lowest BCUT2D eigenvalue weighted by atomic mass is 10.2. The molecule has 5 nitrogen and oxygen atoms in total. The fraction of sp³-hybridized carbons (Fsp3) is 0.941. The maximum Gasteiger partial charge on any atom is 0.191 e. The van der Waals surface area contributed by atoms with Gasteiger partial charge >= 0.3 is 0 Å². The van der Waals surface area contributed by atoms with E-state index in [1.165, 1.54) is 12.8 Å². The molecule has 0 unspecified atom stereocenters. The summed E-state index contributed by atoms with van der Waals surface area (Å²) in [5.41, 5.74) is 0. The summed E-state index contributed by atoms with van der Waals surface area (Å²) in [6, 6.07) is 0. The Balaban J connectivity index is 0.00000484. The number of nitrogens with zero attached hydrogens (tertiary/aromatic N) is 1. The summed E-state index contributed by atoms with van der Waals surface area (Å²) in [7, 11) is 0. The monoisotopic (exact) mass is 441 g/mol. The zero-order chi connectivity index (χ0) is 16.0. The van der Waals surface area contributed by atoms with Crippen molar-refractivity contribution in [3.8, 4) is 0 Å². The van der Waals surface area contributed by atoms with Crippen LogP contribution in [0.1, 0.15) is 46.5 Å². The highest BCUT2D eigenvalue weighted by Gasteiger charge is 2.20. The maximum atomic E-state index is 5.63. The number of nitrogens with one attached hydrogen (secondary N) is 2. The van der Waals surface area contributed by atoms with Crippen LogP contribution in [0, 0.1) is 11.8 Å². The summed E-state index contributed by atoms with van der Waals surface area (Å²) in [5.74, 6) is 2.35. The van der Waals surface area contributed by atoms with Crippen LogP contribution in [-0.4, -0.2) is 52.0 Å². The van der Waals surface area contributed by atoms with E-state index in [0.29, 0.717) is 5.92 Å². The van der Waals surface area contributed by atoms with Crippen molar-refractivity contribution in [2.45, 2.75) is 46.5 Å². The standard InChI is InChI=1S/C17H35N3O2.HI/c1-4-18-17(19-9-5-11-21-13-15(2)3)20-10-6-12-22-14-16-7-8-16;/h15-16H,4-14H2,1-3H3,(H2,18,19,20);1H. The second-order valence-electron chi connectivity index (χ2n) is 6.38. The third-order valence-corrected chi connectivity index (χ3v) is 3.32. The molecule has 0 amide bonds. The number of aliphatic imine (C=N–C) groups is 1. The summed E-state index contributed by atoms with van der Waals surface area (Å²) in [6.07, 6.45) is 4.70. The van der Waals surface area contributed by atoms with Crippen LogP contribution in [0.25, 0.3) is 0 Å². The smallest absolute Gasteiger partial charge is 0.191 e. The first-order valence-electron chi connectivity index (χ1n) is 8.90. The van der Waals surface area contributed by atoms with E-state index in [1.54, 1.807) is 0 Å². The summed E-state index contributed by atoms with van der Waals surface area (Å²) < 4.78 is 11.2. The Morgan fingerprint density at radius 3 is 2.52 bits per heavy atom. The minimum atomic E-state index is 0. The minimum Gasteiger partial charge on any atom is -0.381 e. The molecule has 2 N–H and O–H groups in total. The Morgan fingerprint density at radius 2 is 1.87 bits per heavy atom. The van der Waals surface area contributed by atoms with Crippen LogP contribution in [0.2, 0.25) is 0 Å². The van der Waals surface area contributed by atoms with Gasteiger partial charge in [-0.05, 0) is 44.4 Å². The van der Waals surface area contributed by atoms with Crippen molar-refractivity contribution < 1.29 is 9.47 Å². The van der Waals surface area contributed by atoms with Crippen LogP contribution >= 0.6 is 24.0 Å². The van der Waals surface area contributed by atoms with Gasteiger partial charge in [0.15, 0.2) is 5.96 Å². The number of ether oxygens (including phenoxy) is 2. The van der Waals surface area contributed by atoms with Gasteiger partial charge in [0, 0.05) is 46.1 Å². The fourth-order valence-corrected chi connectivity index (χ4v) is 1.93. The van der Waals surface area contributed by atoms with E-state index in [4.69, 9.17) is 9.47 Å². The van der Waals surface area contributed by atoms with Crippen molar-refractivity contribution in [2.75, 3.05) is 46.1 Å². The Labute approximate surface area is 159 Å². The maximum absolute atomic E-state index is 5.63. The zero-order valence-electron chi connectivity index (χ0n) is 15.1. The van der Waals surface area contributed by atoms with Gasteiger partial charge in [0.2, 0.25) is 0 Å². The molecule has 0 aromatic carbocycles. The molecule has 0 aromatic rings. The predicted molar refractivity (Wildman–Crippen MR) is 108 cm³/mol. The van der Waals surface area contributed by atoms with Crippen molar-refractivity contribution in [2.24, 2.45) is 16.8 Å². The molecule has 138 valence electrons. The molecular formula is C17H36IN3O2. The summed E-state index contributed by atoms with van der Waals surface area (Å²) in [4.78, 5) is 4.56. The lowest BCUT2D eigenvalue weighted by molar-refractivity contribution is 0.109. The van der Waals surface area contributed by atoms with Crippen molar-refractivity contribution in [1.29, 1.82) is 0 Å². The topological polar surface area (TPSA) is 54.9 Å². The number of rotatable bonds is 13. The molecule has 1 saturated carbocycles. The summed E-state index contributed by atoms with van der Waals surface area (Å²) in [6.45, 7) is 12.4. The largest absolute Gasteiger partial charge is 0.381 e. The quantitative estimate of drug-likeness (QED) is 0.200. The molecule has 1 fully saturated rings. The molecule has 0 heterocycles. The predicted octanol–water partition coefficient (Wildman–Crippen LogP) is 3.04. The molecule has 0 spiro atoms. The van der Waals surface area contributed by atoms with E-state index >= 15 is 0 Å². The second kappa shape index (κ2) is 15.4. The van der Waals surface area contributed by atoms with E-state index in [9.17, 15) is 0 Å². The normalized spacial score (nSPS) is 14.7. The Kier molecular flexibility index (Phi) is 15.4. The molecule has 0 saturated heterocycles. The van der Waals surface area contributed by atoms with E-state index < -0.39 is 0 Å². The third kappa shape index (κ3) is 15.2. The van der Waals surface area contributed by atoms with Gasteiger partial charge in [-0.25, -0.2) is 0 Å². The molecule has 0 bridgehead atoms. The van der Waals surface area contributed by atoms with Crippen LogP contribution in [0.15, 0.2) is 4.99 Å². The van der Waals surface area contributed by atoms with Crippen molar-refractivity contribution in [3.63, 3.8) is 0 Å². The molecule has 6 heteroatoms. The van der Waals surface area contributed by atoms with Crippen molar-refractivity contribution in [1.82, 2.24) is 10.6 Å². The molecule has 1 aliphatic rings. The van der Waals surface area contributed by atoms with Gasteiger partial charge in [0.05, 0.1) is 0 Å². The van der Waals surface area contributed by atoms with Gasteiger partial charge in [-0.1, -0.05) is 13.8 Å². The van der Waals surface area contributed by atoms with Gasteiger partial charge in [-0.15, -0.1) is 24.0 Å². The number of hydrogen-bond acceptors (Lipinski definition) is 3. The van der Waals surface area contributed by atoms with E-state index in [0.717, 1.165) is 70.8 Å². The lowest BCUT2D eigenvalue weighted by Crippen LogP contribution is -2.38. The summed E-state index contributed by atoms with van der Waals surface area (Å²) >= 11 is 0. The molecule has 0 atom stereocenters. The lowest BCUT2D eigenvalue weighted by Gasteiger charge is -2.11. The van der Waals surface area contributed by atoms with Crippen LogP contribution in [0.5, 0.6) is 0 Å². The van der Waals surface area contributed by atoms with Gasteiger partial charge in [0.25, 0.3) is 0 Å². The summed E-state index contributed by atoms with van der Waals surface area (Å²) in [5, 5.41) is 6.62. The first-order valence-corrected chi connectivity index (χ1v) is 8.90. The number of halogens is 1. The molecule has 0 aromatic heterocycles. The molecule has 23 heavy (non-hydrogen) atoms. The first-order chi connectivity index (χ1) is 10.7. The number of hydrogen-bond donors (Lipinski definition) is 2. The first kappa shape index (κ1) is 22.9. The molecular weight excluding hydrogens is 405 g/mol. The van der Waals surface area contributed by atoms with Crippen LogP contribution in [-0.2, 0) is 9.47 Å². The molecule has 1 aliphatic carbocycles. The highest BCUT2D eigenvalue weighted by atomic mass is 127. The average Bonchev–Trinajstić information content (AvgIpc) is 3.30. The van der Waals surface area contributed by atoms with Crippen molar-refractivity contribution in [3.05, 3.63) is 0 Å². The van der Waals surface area contributed by atoms with Gasteiger partial charge in [-0.2, -0.15) is 0 Å². The van der Waals surface area contributed by atoms with Gasteiger partial charge in [-0.3, -0.25) is 4.99 Å². The zero-order valence-corrected chi connectivity index (χ0v) is 17.4. The third-order valence-electron chi connectivity index (χ3n) is 3.32. The Morgan fingerprint density at radius 1 is 1.13 bits per heavy atom. The molecule has 0 aliphatic heterocycles. The van der Waals surface area contributed by atoms with E-state index in [-0.39, 0.29) is 24.0 Å². The Bertz CT molecular complexity index is 298. The highest BCUT2D eigenvalue weighted by Crippen LogP contribution is 2.28. The van der Waals surface area contributed by atoms with Crippen molar-refractivity contribution >= 4 is 29.9 Å². The van der Waals surface area contributed by atoms with Gasteiger partial charge in [0.1, 0.15) is 0 Å². The SMILES string of the molecule is CCNC(=NCCCOCC(C)C)NCCCOCC1CC1.I. The van der Waals surface area contributed by atoms with E-state index in [2.05, 4.69) is 36.4 Å². The highest BCUT2D eigenvalue weighted by molar-refractivity contribution is 14.0. The van der Waals surface area contributed by atoms with Gasteiger partial charge < -0.3 is 20.1 Å². The second-order valence-corrected chi connectivity index (χ2v) is 6.38. The average molecular weight is 441 g/mol. The Hall–Kier alpha value is -0.0800. The molecule has 1 rings (SSSR count). The van der Waals surface area contributed by atoms with Crippen LogP contribution in [0.4, 0.5) is 0 Å². The van der Waals surface area contributed by atoms with Crippen LogP contribution < -0.4 is 10.6 Å². The minimum absolute atomic E-state index is 0. The molecule has 0 radical (unpaired) electrons. The fourth-order valence-electron chi connectivity index (χ4n) is 1.93. The van der Waals surface area contributed by atoms with Crippen LogP contribution in [0.3, 0.4) is 0 Å². The number of guanidine groups is 1.